The maximum Gasteiger partial charge on any atom is 0.312 e. The number of carbonyl (C=O) groups excluding carboxylic acids is 3. The first-order valence-electron chi connectivity index (χ1n) is 10.1. The number of piperazine rings is 1. The highest BCUT2D eigenvalue weighted by Crippen LogP contribution is 2.13. The van der Waals surface area contributed by atoms with E-state index >= 15 is 0 Å². The van der Waals surface area contributed by atoms with Gasteiger partial charge in [-0.3, -0.25) is 14.4 Å². The average Bonchev–Trinajstić information content (AvgIpc) is 2.75. The lowest BCUT2D eigenvalue weighted by atomic mass is 10.2. The van der Waals surface area contributed by atoms with Gasteiger partial charge in [-0.25, -0.2) is 8.42 Å². The molecule has 1 saturated heterocycles. The van der Waals surface area contributed by atoms with Gasteiger partial charge < -0.3 is 15.1 Å². The molecule has 2 N–H and O–H groups in total. The van der Waals surface area contributed by atoms with E-state index in [9.17, 15) is 22.8 Å². The van der Waals surface area contributed by atoms with E-state index in [0.29, 0.717) is 12.2 Å². The summed E-state index contributed by atoms with van der Waals surface area (Å²) < 4.78 is 28.0. The minimum absolute atomic E-state index is 0.100. The van der Waals surface area contributed by atoms with Crippen LogP contribution in [-0.2, 0) is 24.4 Å². The van der Waals surface area contributed by atoms with Crippen molar-refractivity contribution < 1.29 is 22.8 Å². The van der Waals surface area contributed by atoms with Crippen LogP contribution < -0.4 is 10.0 Å². The number of carbonyl (C=O) groups is 3. The van der Waals surface area contributed by atoms with Crippen molar-refractivity contribution >= 4 is 39.5 Å². The normalized spacial score (nSPS) is 15.6. The number of sulfonamides is 1. The Balaban J connectivity index is 2.03. The summed E-state index contributed by atoms with van der Waals surface area (Å²) in [6.45, 7) is 4.46. The molecule has 1 unspecified atom stereocenters. The van der Waals surface area contributed by atoms with Crippen LogP contribution in [0.2, 0.25) is 0 Å². The quantitative estimate of drug-likeness (QED) is 0.528. The SMILES string of the molecule is CSCCC(NS(=O)(=O)c1ccccc1)C(=O)N1CCN(C(=O)C(=O)NC(C)C)CC1. The van der Waals surface area contributed by atoms with Crippen LogP contribution >= 0.6 is 11.8 Å². The van der Waals surface area contributed by atoms with Gasteiger partial charge >= 0.3 is 11.8 Å². The van der Waals surface area contributed by atoms with Gasteiger partial charge in [0.1, 0.15) is 6.04 Å². The van der Waals surface area contributed by atoms with Crippen LogP contribution in [-0.4, -0.2) is 86.2 Å². The van der Waals surface area contributed by atoms with Crippen molar-refractivity contribution in [2.24, 2.45) is 0 Å². The van der Waals surface area contributed by atoms with Crippen molar-refractivity contribution in [2.45, 2.75) is 37.2 Å². The van der Waals surface area contributed by atoms with E-state index < -0.39 is 27.9 Å². The number of rotatable bonds is 8. The number of nitrogens with zero attached hydrogens (tertiary/aromatic N) is 2. The third kappa shape index (κ3) is 7.22. The molecule has 0 aromatic heterocycles. The molecular formula is C20H30N4O5S2. The molecule has 11 heteroatoms. The molecule has 0 aliphatic carbocycles. The van der Waals surface area contributed by atoms with E-state index in [0.717, 1.165) is 0 Å². The molecular weight excluding hydrogens is 440 g/mol. The van der Waals surface area contributed by atoms with Gasteiger partial charge in [-0.15, -0.1) is 0 Å². The summed E-state index contributed by atoms with van der Waals surface area (Å²) in [5.74, 6) is -0.998. The molecule has 1 heterocycles. The van der Waals surface area contributed by atoms with Crippen LogP contribution in [0, 0.1) is 0 Å². The Morgan fingerprint density at radius 2 is 1.61 bits per heavy atom. The highest BCUT2D eigenvalue weighted by Gasteiger charge is 2.33. The Morgan fingerprint density at radius 3 is 2.16 bits per heavy atom. The predicted molar refractivity (Wildman–Crippen MR) is 120 cm³/mol. The average molecular weight is 471 g/mol. The summed E-state index contributed by atoms with van der Waals surface area (Å²) in [5.41, 5.74) is 0. The van der Waals surface area contributed by atoms with Gasteiger partial charge in [-0.2, -0.15) is 16.5 Å². The monoisotopic (exact) mass is 470 g/mol. The van der Waals surface area contributed by atoms with Gasteiger partial charge in [0.15, 0.2) is 0 Å². The fourth-order valence-electron chi connectivity index (χ4n) is 3.14. The second-order valence-corrected chi connectivity index (χ2v) is 10.2. The van der Waals surface area contributed by atoms with Gasteiger partial charge in [0.2, 0.25) is 15.9 Å². The number of thioether (sulfide) groups is 1. The number of nitrogens with one attached hydrogen (secondary N) is 2. The molecule has 1 aromatic rings. The summed E-state index contributed by atoms with van der Waals surface area (Å²) in [5, 5.41) is 2.57. The second-order valence-electron chi connectivity index (χ2n) is 7.51. The molecule has 3 amide bonds. The van der Waals surface area contributed by atoms with Crippen LogP contribution in [0.4, 0.5) is 0 Å². The van der Waals surface area contributed by atoms with E-state index in [1.807, 2.05) is 6.26 Å². The van der Waals surface area contributed by atoms with Crippen LogP contribution in [0.25, 0.3) is 0 Å². The van der Waals surface area contributed by atoms with Crippen molar-refractivity contribution in [3.05, 3.63) is 30.3 Å². The van der Waals surface area contributed by atoms with Crippen LogP contribution in [0.1, 0.15) is 20.3 Å². The molecule has 1 fully saturated rings. The maximum atomic E-state index is 13.1. The summed E-state index contributed by atoms with van der Waals surface area (Å²) in [6, 6.07) is 6.88. The smallest absolute Gasteiger partial charge is 0.312 e. The summed E-state index contributed by atoms with van der Waals surface area (Å²) in [7, 11) is -3.84. The molecule has 1 atom stereocenters. The van der Waals surface area contributed by atoms with Crippen LogP contribution in [0.5, 0.6) is 0 Å². The summed E-state index contributed by atoms with van der Waals surface area (Å²) >= 11 is 1.53. The number of hydrogen-bond donors (Lipinski definition) is 2. The lowest BCUT2D eigenvalue weighted by Crippen LogP contribution is -2.57. The van der Waals surface area contributed by atoms with Crippen LogP contribution in [0.3, 0.4) is 0 Å². The molecule has 0 saturated carbocycles. The Morgan fingerprint density at radius 1 is 1.03 bits per heavy atom. The minimum atomic E-state index is -3.84. The Labute approximate surface area is 188 Å². The van der Waals surface area contributed by atoms with Crippen LogP contribution in [0.15, 0.2) is 35.2 Å². The zero-order valence-corrected chi connectivity index (χ0v) is 19.7. The fraction of sp³-hybridized carbons (Fsp3) is 0.550. The van der Waals surface area contributed by atoms with Gasteiger partial charge in [0.05, 0.1) is 4.90 Å². The standard InChI is InChI=1S/C20H30N4O5S2/c1-15(2)21-18(25)20(27)24-12-10-23(11-13-24)19(26)17(9-14-30-3)22-31(28,29)16-7-5-4-6-8-16/h4-8,15,17,22H,9-14H2,1-3H3,(H,21,25). The lowest BCUT2D eigenvalue weighted by molar-refractivity contribution is -0.148. The van der Waals surface area contributed by atoms with E-state index in [-0.39, 0.29) is 43.0 Å². The molecule has 1 aliphatic heterocycles. The number of amides is 3. The zero-order chi connectivity index (χ0) is 23.0. The van der Waals surface area contributed by atoms with Crippen molar-refractivity contribution in [2.75, 3.05) is 38.2 Å². The van der Waals surface area contributed by atoms with Gasteiger partial charge in [-0.05, 0) is 44.4 Å². The molecule has 0 spiro atoms. The van der Waals surface area contributed by atoms with E-state index in [1.54, 1.807) is 36.9 Å². The van der Waals surface area contributed by atoms with Crippen molar-refractivity contribution in [3.63, 3.8) is 0 Å². The highest BCUT2D eigenvalue weighted by atomic mass is 32.2. The molecule has 2 rings (SSSR count). The van der Waals surface area contributed by atoms with Crippen molar-refractivity contribution in [1.29, 1.82) is 0 Å². The van der Waals surface area contributed by atoms with Crippen molar-refractivity contribution in [1.82, 2.24) is 19.8 Å². The first-order valence-corrected chi connectivity index (χ1v) is 13.0. The second kappa shape index (κ2) is 11.5. The maximum absolute atomic E-state index is 13.1. The van der Waals surface area contributed by atoms with Gasteiger partial charge in [-0.1, -0.05) is 18.2 Å². The Hall–Kier alpha value is -2.11. The number of benzene rings is 1. The molecule has 172 valence electrons. The third-order valence-electron chi connectivity index (χ3n) is 4.75. The predicted octanol–water partition coefficient (Wildman–Crippen LogP) is 0.282. The van der Waals surface area contributed by atoms with Gasteiger partial charge in [0, 0.05) is 32.2 Å². The first kappa shape index (κ1) is 25.2. The largest absolute Gasteiger partial charge is 0.346 e. The Kier molecular flexibility index (Phi) is 9.32. The molecule has 1 aromatic carbocycles. The third-order valence-corrected chi connectivity index (χ3v) is 6.88. The fourth-order valence-corrected chi connectivity index (χ4v) is 4.86. The van der Waals surface area contributed by atoms with Crippen molar-refractivity contribution in [3.8, 4) is 0 Å². The molecule has 0 bridgehead atoms. The first-order chi connectivity index (χ1) is 14.7. The molecule has 31 heavy (non-hydrogen) atoms. The van der Waals surface area contributed by atoms with E-state index in [1.165, 1.54) is 28.8 Å². The molecule has 1 aliphatic rings. The lowest BCUT2D eigenvalue weighted by Gasteiger charge is -2.36. The summed E-state index contributed by atoms with van der Waals surface area (Å²) in [4.78, 5) is 40.3. The molecule has 0 radical (unpaired) electrons. The zero-order valence-electron chi connectivity index (χ0n) is 18.0. The minimum Gasteiger partial charge on any atom is -0.346 e. The molecule has 9 nitrogen and oxygen atoms in total. The highest BCUT2D eigenvalue weighted by molar-refractivity contribution is 7.98. The summed E-state index contributed by atoms with van der Waals surface area (Å²) in [6.07, 6.45) is 2.24. The Bertz CT molecular complexity index is 869. The number of hydrogen-bond acceptors (Lipinski definition) is 6. The van der Waals surface area contributed by atoms with E-state index in [4.69, 9.17) is 0 Å². The topological polar surface area (TPSA) is 116 Å². The van der Waals surface area contributed by atoms with Gasteiger partial charge in [0.25, 0.3) is 0 Å². The van der Waals surface area contributed by atoms with E-state index in [2.05, 4.69) is 10.0 Å².